The van der Waals surface area contributed by atoms with E-state index in [1.807, 2.05) is 0 Å². The van der Waals surface area contributed by atoms with Crippen LogP contribution in [0, 0.1) is 0 Å². The molecule has 0 bridgehead atoms. The lowest BCUT2D eigenvalue weighted by atomic mass is 9.90. The van der Waals surface area contributed by atoms with E-state index < -0.39 is 24.4 Å². The molecule has 4 N–H and O–H groups in total. The summed E-state index contributed by atoms with van der Waals surface area (Å²) in [6.07, 6.45) is -2.63. The molecule has 0 heterocycles. The van der Waals surface area contributed by atoms with Crippen molar-refractivity contribution in [3.8, 4) is 0 Å². The molecule has 0 aliphatic heterocycles. The lowest BCUT2D eigenvalue weighted by molar-refractivity contribution is -0.142. The zero-order valence-corrected chi connectivity index (χ0v) is 7.33. The van der Waals surface area contributed by atoms with Crippen molar-refractivity contribution >= 4 is 0 Å². The molecule has 4 atom stereocenters. The highest BCUT2D eigenvalue weighted by molar-refractivity contribution is 4.86. The Morgan fingerprint density at radius 1 is 1.15 bits per heavy atom. The number of aliphatic hydroxyl groups is 4. The van der Waals surface area contributed by atoms with E-state index in [9.17, 15) is 15.3 Å². The maximum Gasteiger partial charge on any atom is 0.106 e. The SMILES string of the molecule is OCCOC1CC(O)CC(O)C1O. The Bertz CT molecular complexity index is 151. The fraction of sp³-hybridized carbons (Fsp3) is 1.00. The number of aliphatic hydroxyl groups excluding tert-OH is 4. The first kappa shape index (κ1) is 10.9. The molecule has 1 aliphatic rings. The van der Waals surface area contributed by atoms with Crippen molar-refractivity contribution in [2.24, 2.45) is 0 Å². The predicted octanol–water partition coefficient (Wildman–Crippen LogP) is -1.76. The van der Waals surface area contributed by atoms with Crippen LogP contribution in [0.2, 0.25) is 0 Å². The maximum atomic E-state index is 9.41. The van der Waals surface area contributed by atoms with Crippen LogP contribution in [0.15, 0.2) is 0 Å². The Labute approximate surface area is 76.6 Å². The molecule has 4 unspecified atom stereocenters. The van der Waals surface area contributed by atoms with Crippen LogP contribution in [0.5, 0.6) is 0 Å². The van der Waals surface area contributed by atoms with Crippen molar-refractivity contribution in [1.82, 2.24) is 0 Å². The molecule has 0 aromatic rings. The molecular formula is C8H16O5. The van der Waals surface area contributed by atoms with Gasteiger partial charge in [-0.3, -0.25) is 0 Å². The first-order valence-electron chi connectivity index (χ1n) is 4.41. The summed E-state index contributed by atoms with van der Waals surface area (Å²) in [4.78, 5) is 0. The Balaban J connectivity index is 2.41. The van der Waals surface area contributed by atoms with E-state index in [0.29, 0.717) is 6.42 Å². The minimum Gasteiger partial charge on any atom is -0.394 e. The lowest BCUT2D eigenvalue weighted by Crippen LogP contribution is -2.47. The third-order valence-corrected chi connectivity index (χ3v) is 2.22. The smallest absolute Gasteiger partial charge is 0.106 e. The van der Waals surface area contributed by atoms with E-state index in [1.54, 1.807) is 0 Å². The summed E-state index contributed by atoms with van der Waals surface area (Å²) in [5, 5.41) is 36.4. The first-order chi connectivity index (χ1) is 6.15. The van der Waals surface area contributed by atoms with Gasteiger partial charge in [0.25, 0.3) is 0 Å². The summed E-state index contributed by atoms with van der Waals surface area (Å²) in [5.74, 6) is 0. The van der Waals surface area contributed by atoms with Crippen LogP contribution >= 0.6 is 0 Å². The van der Waals surface area contributed by atoms with E-state index in [0.717, 1.165) is 0 Å². The average molecular weight is 192 g/mol. The van der Waals surface area contributed by atoms with Gasteiger partial charge in [-0.15, -0.1) is 0 Å². The zero-order chi connectivity index (χ0) is 9.84. The molecule has 0 saturated heterocycles. The van der Waals surface area contributed by atoms with Crippen LogP contribution in [0.25, 0.3) is 0 Å². The second kappa shape index (κ2) is 4.88. The third-order valence-electron chi connectivity index (χ3n) is 2.22. The van der Waals surface area contributed by atoms with Crippen LogP contribution in [0.1, 0.15) is 12.8 Å². The standard InChI is InChI=1S/C8H16O5/c9-1-2-13-7-4-5(10)3-6(11)8(7)12/h5-12H,1-4H2. The van der Waals surface area contributed by atoms with Crippen molar-refractivity contribution < 1.29 is 25.2 Å². The highest BCUT2D eigenvalue weighted by Crippen LogP contribution is 2.22. The molecule has 1 saturated carbocycles. The Morgan fingerprint density at radius 2 is 1.85 bits per heavy atom. The van der Waals surface area contributed by atoms with Gasteiger partial charge in [0.1, 0.15) is 6.10 Å². The molecule has 5 heteroatoms. The molecule has 0 aromatic carbocycles. The van der Waals surface area contributed by atoms with Crippen LogP contribution in [-0.2, 0) is 4.74 Å². The van der Waals surface area contributed by atoms with Gasteiger partial charge < -0.3 is 25.2 Å². The fourth-order valence-corrected chi connectivity index (χ4v) is 1.54. The van der Waals surface area contributed by atoms with Crippen LogP contribution in [-0.4, -0.2) is 58.1 Å². The second-order valence-corrected chi connectivity index (χ2v) is 3.32. The van der Waals surface area contributed by atoms with E-state index in [1.165, 1.54) is 0 Å². The van der Waals surface area contributed by atoms with Gasteiger partial charge in [-0.1, -0.05) is 0 Å². The number of ether oxygens (including phenoxy) is 1. The Hall–Kier alpha value is -0.200. The summed E-state index contributed by atoms with van der Waals surface area (Å²) >= 11 is 0. The monoisotopic (exact) mass is 192 g/mol. The molecule has 0 amide bonds. The number of rotatable bonds is 3. The minimum atomic E-state index is -0.963. The first-order valence-corrected chi connectivity index (χ1v) is 4.41. The highest BCUT2D eigenvalue weighted by Gasteiger charge is 2.35. The van der Waals surface area contributed by atoms with Crippen LogP contribution < -0.4 is 0 Å². The second-order valence-electron chi connectivity index (χ2n) is 3.32. The normalized spacial score (nSPS) is 40.6. The summed E-state index contributed by atoms with van der Waals surface area (Å²) in [6, 6.07) is 0. The van der Waals surface area contributed by atoms with Crippen LogP contribution in [0.4, 0.5) is 0 Å². The van der Waals surface area contributed by atoms with E-state index in [4.69, 9.17) is 9.84 Å². The van der Waals surface area contributed by atoms with Crippen molar-refractivity contribution in [3.63, 3.8) is 0 Å². The van der Waals surface area contributed by atoms with Gasteiger partial charge >= 0.3 is 0 Å². The quantitative estimate of drug-likeness (QED) is 0.425. The lowest BCUT2D eigenvalue weighted by Gasteiger charge is -2.34. The number of hydrogen-bond acceptors (Lipinski definition) is 5. The van der Waals surface area contributed by atoms with E-state index in [-0.39, 0.29) is 19.6 Å². The Morgan fingerprint density at radius 3 is 2.46 bits per heavy atom. The topological polar surface area (TPSA) is 90.2 Å². The molecule has 5 nitrogen and oxygen atoms in total. The van der Waals surface area contributed by atoms with Crippen molar-refractivity contribution in [2.75, 3.05) is 13.2 Å². The molecule has 0 spiro atoms. The molecule has 1 rings (SSSR count). The van der Waals surface area contributed by atoms with Gasteiger partial charge in [0.05, 0.1) is 31.5 Å². The molecule has 1 fully saturated rings. The largest absolute Gasteiger partial charge is 0.394 e. The summed E-state index contributed by atoms with van der Waals surface area (Å²) in [6.45, 7) is -0.0173. The van der Waals surface area contributed by atoms with Gasteiger partial charge in [0.15, 0.2) is 0 Å². The molecule has 1 aliphatic carbocycles. The fourth-order valence-electron chi connectivity index (χ4n) is 1.54. The third kappa shape index (κ3) is 2.89. The molecule has 0 radical (unpaired) electrons. The summed E-state index contributed by atoms with van der Waals surface area (Å²) in [5.41, 5.74) is 0. The summed E-state index contributed by atoms with van der Waals surface area (Å²) in [7, 11) is 0. The van der Waals surface area contributed by atoms with Crippen LogP contribution in [0.3, 0.4) is 0 Å². The van der Waals surface area contributed by atoms with Crippen molar-refractivity contribution in [2.45, 2.75) is 37.3 Å². The minimum absolute atomic E-state index is 0.112. The molecule has 78 valence electrons. The molecule has 0 aromatic heterocycles. The van der Waals surface area contributed by atoms with Gasteiger partial charge in [-0.05, 0) is 0 Å². The van der Waals surface area contributed by atoms with Gasteiger partial charge in [0.2, 0.25) is 0 Å². The van der Waals surface area contributed by atoms with Crippen molar-refractivity contribution in [3.05, 3.63) is 0 Å². The van der Waals surface area contributed by atoms with Gasteiger partial charge in [0, 0.05) is 12.8 Å². The molecular weight excluding hydrogens is 176 g/mol. The predicted molar refractivity (Wildman–Crippen MR) is 44.1 cm³/mol. The van der Waals surface area contributed by atoms with Gasteiger partial charge in [-0.25, -0.2) is 0 Å². The summed E-state index contributed by atoms with van der Waals surface area (Å²) < 4.78 is 5.07. The Kier molecular flexibility index (Phi) is 4.08. The van der Waals surface area contributed by atoms with E-state index in [2.05, 4.69) is 0 Å². The number of hydrogen-bond donors (Lipinski definition) is 4. The average Bonchev–Trinajstić information content (AvgIpc) is 2.09. The van der Waals surface area contributed by atoms with E-state index >= 15 is 0 Å². The van der Waals surface area contributed by atoms with Gasteiger partial charge in [-0.2, -0.15) is 0 Å². The zero-order valence-electron chi connectivity index (χ0n) is 7.33. The maximum absolute atomic E-state index is 9.41. The highest BCUT2D eigenvalue weighted by atomic mass is 16.5. The van der Waals surface area contributed by atoms with Crippen molar-refractivity contribution in [1.29, 1.82) is 0 Å². The molecule has 13 heavy (non-hydrogen) atoms.